The van der Waals surface area contributed by atoms with Gasteiger partial charge in [-0.15, -0.1) is 0 Å². The molecule has 2 N–H and O–H groups in total. The maximum absolute atomic E-state index is 12.9. The van der Waals surface area contributed by atoms with E-state index in [1.165, 1.54) is 31.4 Å². The SMILES string of the molecule is COc1ccccc1NC(=O)C(=O)NN=Cc1ccccc1C(F)(F)F. The van der Waals surface area contributed by atoms with Gasteiger partial charge in [-0.25, -0.2) is 5.43 Å². The molecule has 0 bridgehead atoms. The first-order chi connectivity index (χ1) is 12.3. The van der Waals surface area contributed by atoms with Gasteiger partial charge in [0.2, 0.25) is 0 Å². The topological polar surface area (TPSA) is 79.8 Å². The monoisotopic (exact) mass is 365 g/mol. The second-order valence-corrected chi connectivity index (χ2v) is 4.94. The largest absolute Gasteiger partial charge is 0.495 e. The normalized spacial score (nSPS) is 11.2. The van der Waals surface area contributed by atoms with Gasteiger partial charge < -0.3 is 10.1 Å². The average Bonchev–Trinajstić information content (AvgIpc) is 2.61. The number of methoxy groups -OCH3 is 1. The highest BCUT2D eigenvalue weighted by molar-refractivity contribution is 6.39. The fourth-order valence-electron chi connectivity index (χ4n) is 2.01. The second kappa shape index (κ2) is 8.15. The maximum Gasteiger partial charge on any atom is 0.417 e. The Morgan fingerprint density at radius 2 is 1.69 bits per heavy atom. The Labute approximate surface area is 146 Å². The molecule has 0 aliphatic heterocycles. The zero-order valence-electron chi connectivity index (χ0n) is 13.5. The number of nitrogens with zero attached hydrogens (tertiary/aromatic N) is 1. The number of rotatable bonds is 4. The minimum absolute atomic E-state index is 0.245. The summed E-state index contributed by atoms with van der Waals surface area (Å²) >= 11 is 0. The number of hydrogen-bond acceptors (Lipinski definition) is 4. The molecule has 0 saturated heterocycles. The van der Waals surface area contributed by atoms with Crippen LogP contribution in [0.2, 0.25) is 0 Å². The Morgan fingerprint density at radius 1 is 1.04 bits per heavy atom. The van der Waals surface area contributed by atoms with Gasteiger partial charge in [-0.3, -0.25) is 9.59 Å². The Balaban J connectivity index is 2.03. The van der Waals surface area contributed by atoms with Crippen molar-refractivity contribution in [1.82, 2.24) is 5.43 Å². The zero-order valence-corrected chi connectivity index (χ0v) is 13.5. The summed E-state index contributed by atoms with van der Waals surface area (Å²) in [5, 5.41) is 5.72. The van der Waals surface area contributed by atoms with E-state index in [1.807, 2.05) is 5.43 Å². The van der Waals surface area contributed by atoms with Crippen LogP contribution in [0.4, 0.5) is 18.9 Å². The van der Waals surface area contributed by atoms with E-state index in [9.17, 15) is 22.8 Å². The highest BCUT2D eigenvalue weighted by atomic mass is 19.4. The fraction of sp³-hybridized carbons (Fsp3) is 0.118. The van der Waals surface area contributed by atoms with E-state index < -0.39 is 23.6 Å². The first-order valence-electron chi connectivity index (χ1n) is 7.26. The number of nitrogens with one attached hydrogen (secondary N) is 2. The average molecular weight is 365 g/mol. The van der Waals surface area contributed by atoms with Crippen LogP contribution in [0.1, 0.15) is 11.1 Å². The molecule has 2 aromatic carbocycles. The van der Waals surface area contributed by atoms with Crippen molar-refractivity contribution in [1.29, 1.82) is 0 Å². The molecule has 0 atom stereocenters. The number of para-hydroxylation sites is 2. The molecular formula is C17H14F3N3O3. The minimum Gasteiger partial charge on any atom is -0.495 e. The molecule has 0 fully saturated rings. The molecule has 0 unspecified atom stereocenters. The third kappa shape index (κ3) is 4.82. The lowest BCUT2D eigenvalue weighted by molar-refractivity contribution is -0.137. The summed E-state index contributed by atoms with van der Waals surface area (Å²) in [5.41, 5.74) is 0.992. The molecule has 0 radical (unpaired) electrons. The van der Waals surface area contributed by atoms with Crippen molar-refractivity contribution in [3.05, 3.63) is 59.7 Å². The minimum atomic E-state index is -4.56. The van der Waals surface area contributed by atoms with Gasteiger partial charge >= 0.3 is 18.0 Å². The number of hydrogen-bond donors (Lipinski definition) is 2. The standard InChI is InChI=1S/C17H14F3N3O3/c1-26-14-9-5-4-8-13(14)22-15(24)16(25)23-21-10-11-6-2-3-7-12(11)17(18,19)20/h2-10H,1H3,(H,22,24)(H,23,25). The molecule has 0 aliphatic rings. The van der Waals surface area contributed by atoms with Crippen LogP contribution in [0.15, 0.2) is 53.6 Å². The Hall–Kier alpha value is -3.36. The lowest BCUT2D eigenvalue weighted by atomic mass is 10.1. The van der Waals surface area contributed by atoms with Crippen LogP contribution < -0.4 is 15.5 Å². The smallest absolute Gasteiger partial charge is 0.417 e. The van der Waals surface area contributed by atoms with Crippen molar-refractivity contribution < 1.29 is 27.5 Å². The van der Waals surface area contributed by atoms with Crippen LogP contribution in [0.5, 0.6) is 5.75 Å². The quantitative estimate of drug-likeness (QED) is 0.497. The van der Waals surface area contributed by atoms with Crippen LogP contribution >= 0.6 is 0 Å². The van der Waals surface area contributed by atoms with Crippen molar-refractivity contribution >= 4 is 23.7 Å². The summed E-state index contributed by atoms with van der Waals surface area (Å²) in [6.45, 7) is 0. The van der Waals surface area contributed by atoms with Crippen molar-refractivity contribution in [2.75, 3.05) is 12.4 Å². The van der Waals surface area contributed by atoms with Crippen molar-refractivity contribution in [2.24, 2.45) is 5.10 Å². The molecule has 0 saturated carbocycles. The van der Waals surface area contributed by atoms with E-state index in [1.54, 1.807) is 18.2 Å². The molecule has 9 heteroatoms. The number of hydrazone groups is 1. The summed E-state index contributed by atoms with van der Waals surface area (Å²) < 4.78 is 43.6. The Kier molecular flexibility index (Phi) is 5.94. The molecule has 2 amide bonds. The van der Waals surface area contributed by atoms with Gasteiger partial charge in [-0.1, -0.05) is 30.3 Å². The number of carbonyl (C=O) groups is 2. The van der Waals surface area contributed by atoms with Gasteiger partial charge in [-0.2, -0.15) is 18.3 Å². The number of anilines is 1. The van der Waals surface area contributed by atoms with Gasteiger partial charge in [0.05, 0.1) is 24.6 Å². The lowest BCUT2D eigenvalue weighted by Gasteiger charge is -2.09. The maximum atomic E-state index is 12.9. The van der Waals surface area contributed by atoms with Crippen LogP contribution in [-0.4, -0.2) is 25.1 Å². The van der Waals surface area contributed by atoms with Crippen LogP contribution in [0.3, 0.4) is 0 Å². The highest BCUT2D eigenvalue weighted by Crippen LogP contribution is 2.31. The number of benzene rings is 2. The Bertz CT molecular complexity index is 835. The number of alkyl halides is 3. The van der Waals surface area contributed by atoms with Gasteiger partial charge in [0.1, 0.15) is 5.75 Å². The van der Waals surface area contributed by atoms with E-state index in [4.69, 9.17) is 4.74 Å². The van der Waals surface area contributed by atoms with E-state index in [0.717, 1.165) is 12.3 Å². The third-order valence-electron chi connectivity index (χ3n) is 3.20. The first kappa shape index (κ1) is 19.0. The summed E-state index contributed by atoms with van der Waals surface area (Å²) in [7, 11) is 1.40. The molecule has 2 aromatic rings. The molecule has 136 valence electrons. The predicted octanol–water partition coefficient (Wildman–Crippen LogP) is 2.80. The second-order valence-electron chi connectivity index (χ2n) is 4.94. The van der Waals surface area contributed by atoms with E-state index in [-0.39, 0.29) is 11.3 Å². The van der Waals surface area contributed by atoms with Gasteiger partial charge in [0.15, 0.2) is 0 Å². The van der Waals surface area contributed by atoms with Gasteiger partial charge in [0.25, 0.3) is 0 Å². The third-order valence-corrected chi connectivity index (χ3v) is 3.20. The zero-order chi connectivity index (χ0) is 19.2. The molecule has 2 rings (SSSR count). The van der Waals surface area contributed by atoms with Crippen molar-refractivity contribution in [2.45, 2.75) is 6.18 Å². The van der Waals surface area contributed by atoms with Gasteiger partial charge in [0, 0.05) is 5.56 Å². The molecule has 6 nitrogen and oxygen atoms in total. The van der Waals surface area contributed by atoms with E-state index in [0.29, 0.717) is 5.75 Å². The van der Waals surface area contributed by atoms with E-state index in [2.05, 4.69) is 10.4 Å². The first-order valence-corrected chi connectivity index (χ1v) is 7.26. The van der Waals surface area contributed by atoms with Crippen LogP contribution in [-0.2, 0) is 15.8 Å². The lowest BCUT2D eigenvalue weighted by Crippen LogP contribution is -2.32. The van der Waals surface area contributed by atoms with E-state index >= 15 is 0 Å². The number of carbonyl (C=O) groups excluding carboxylic acids is 2. The summed E-state index contributed by atoms with van der Waals surface area (Å²) in [6, 6.07) is 11.1. The number of halogens is 3. The Morgan fingerprint density at radius 3 is 2.38 bits per heavy atom. The number of ether oxygens (including phenoxy) is 1. The summed E-state index contributed by atoms with van der Waals surface area (Å²) in [6.07, 6.45) is -3.75. The summed E-state index contributed by atoms with van der Waals surface area (Å²) in [5.74, 6) is -1.84. The van der Waals surface area contributed by atoms with Crippen LogP contribution in [0, 0.1) is 0 Å². The molecule has 0 aromatic heterocycles. The van der Waals surface area contributed by atoms with Crippen molar-refractivity contribution in [3.63, 3.8) is 0 Å². The molecular weight excluding hydrogens is 351 g/mol. The molecule has 0 spiro atoms. The van der Waals surface area contributed by atoms with Gasteiger partial charge in [-0.05, 0) is 18.2 Å². The number of amides is 2. The molecule has 26 heavy (non-hydrogen) atoms. The molecule has 0 heterocycles. The predicted molar refractivity (Wildman–Crippen MR) is 88.8 cm³/mol. The van der Waals surface area contributed by atoms with Crippen molar-refractivity contribution in [3.8, 4) is 5.75 Å². The van der Waals surface area contributed by atoms with Crippen LogP contribution in [0.25, 0.3) is 0 Å². The fourth-order valence-corrected chi connectivity index (χ4v) is 2.01. The molecule has 0 aliphatic carbocycles. The highest BCUT2D eigenvalue weighted by Gasteiger charge is 2.32. The summed E-state index contributed by atoms with van der Waals surface area (Å²) in [4.78, 5) is 23.5.